The monoisotopic (exact) mass is 739 g/mol. The molecule has 274 valence electrons. The van der Waals surface area contributed by atoms with E-state index in [1.165, 1.54) is 82.7 Å². The van der Waals surface area contributed by atoms with E-state index >= 15 is 0 Å². The summed E-state index contributed by atoms with van der Waals surface area (Å²) in [6, 6.07) is 83.6. The van der Waals surface area contributed by atoms with Crippen LogP contribution in [0, 0.1) is 6.92 Å². The zero-order chi connectivity index (χ0) is 38.8. The molecule has 0 fully saturated rings. The van der Waals surface area contributed by atoms with Crippen molar-refractivity contribution in [2.45, 2.75) is 6.92 Å². The van der Waals surface area contributed by atoms with Gasteiger partial charge in [-0.2, -0.15) is 0 Å². The van der Waals surface area contributed by atoms with Crippen molar-refractivity contribution in [1.29, 1.82) is 0 Å². The van der Waals surface area contributed by atoms with Crippen LogP contribution in [-0.2, 0) is 0 Å². The van der Waals surface area contributed by atoms with Gasteiger partial charge in [-0.25, -0.2) is 0 Å². The first-order chi connectivity index (χ1) is 28.7. The second-order valence-corrected chi connectivity index (χ2v) is 15.0. The lowest BCUT2D eigenvalue weighted by Crippen LogP contribution is -2.09. The minimum atomic E-state index is 1.11. The Kier molecular flexibility index (Phi) is 9.18. The average Bonchev–Trinajstić information content (AvgIpc) is 3.30. The smallest absolute Gasteiger partial charge is 0.0462 e. The van der Waals surface area contributed by atoms with E-state index in [1.807, 2.05) is 0 Å². The van der Waals surface area contributed by atoms with Gasteiger partial charge in [-0.1, -0.05) is 188 Å². The number of nitrogens with zero attached hydrogens (tertiary/aromatic N) is 1. The van der Waals surface area contributed by atoms with Gasteiger partial charge in [0.15, 0.2) is 0 Å². The van der Waals surface area contributed by atoms with Crippen molar-refractivity contribution in [2.75, 3.05) is 4.90 Å². The Morgan fingerprint density at radius 1 is 0.259 bits per heavy atom. The van der Waals surface area contributed by atoms with Gasteiger partial charge in [0.1, 0.15) is 0 Å². The van der Waals surface area contributed by atoms with Crippen molar-refractivity contribution in [3.05, 3.63) is 236 Å². The molecule has 1 nitrogen and oxygen atoms in total. The van der Waals surface area contributed by atoms with Crippen molar-refractivity contribution in [2.24, 2.45) is 0 Å². The van der Waals surface area contributed by atoms with Crippen molar-refractivity contribution < 1.29 is 0 Å². The molecule has 0 saturated carbocycles. The topological polar surface area (TPSA) is 3.24 Å². The number of fused-ring (bicyclic) bond motifs is 3. The first kappa shape index (κ1) is 35.0. The normalized spacial score (nSPS) is 11.2. The van der Waals surface area contributed by atoms with Crippen molar-refractivity contribution in [1.82, 2.24) is 0 Å². The molecule has 0 aromatic heterocycles. The quantitative estimate of drug-likeness (QED) is 0.140. The largest absolute Gasteiger partial charge is 0.311 e. The zero-order valence-corrected chi connectivity index (χ0v) is 32.4. The second-order valence-electron chi connectivity index (χ2n) is 15.0. The SMILES string of the molecule is Cc1ccc2c(c1)c(-c1ccc(N(c3ccccc3)c3ccc(-c4ccc(-c5ccc(-c6ccccc6)c(-c6ccccc6)c5)cc4)cc3)cc1)cc1ccccc12. The van der Waals surface area contributed by atoms with Crippen LogP contribution in [0.2, 0.25) is 0 Å². The van der Waals surface area contributed by atoms with Crippen molar-refractivity contribution in [3.63, 3.8) is 0 Å². The Morgan fingerprint density at radius 3 is 1.36 bits per heavy atom. The molecule has 0 aliphatic rings. The van der Waals surface area contributed by atoms with Crippen LogP contribution in [0.4, 0.5) is 17.1 Å². The minimum absolute atomic E-state index is 1.11. The lowest BCUT2D eigenvalue weighted by atomic mass is 9.91. The molecule has 0 saturated heterocycles. The molecule has 10 rings (SSSR count). The van der Waals surface area contributed by atoms with Gasteiger partial charge in [-0.3, -0.25) is 0 Å². The van der Waals surface area contributed by atoms with E-state index < -0.39 is 0 Å². The molecule has 0 amide bonds. The average molecular weight is 740 g/mol. The Labute approximate surface area is 340 Å². The summed E-state index contributed by atoms with van der Waals surface area (Å²) in [5.41, 5.74) is 16.7. The van der Waals surface area contributed by atoms with E-state index in [4.69, 9.17) is 0 Å². The van der Waals surface area contributed by atoms with Crippen LogP contribution in [0.3, 0.4) is 0 Å². The summed E-state index contributed by atoms with van der Waals surface area (Å²) in [6.07, 6.45) is 0. The molecule has 1 heteroatoms. The Morgan fingerprint density at radius 2 is 0.724 bits per heavy atom. The first-order valence-corrected chi connectivity index (χ1v) is 20.0. The van der Waals surface area contributed by atoms with Gasteiger partial charge in [0.05, 0.1) is 0 Å². The number of hydrogen-bond donors (Lipinski definition) is 0. The Balaban J connectivity index is 0.954. The standard InChI is InChI=1S/C57H41N/c1-40-21-35-54-52-20-12-11-17-48(52)39-56(57(54)37-40)46-28-33-51(34-29-46)58(49-18-9-4-10-19-49)50-31-26-42(27-32-50)41-22-24-43(25-23-41)47-30-36-53(44-13-5-2-6-14-44)55(38-47)45-15-7-3-8-16-45/h2-39H,1H3. The number of aryl methyl sites for hydroxylation is 1. The maximum absolute atomic E-state index is 2.34. The fourth-order valence-electron chi connectivity index (χ4n) is 8.38. The molecule has 0 bridgehead atoms. The molecule has 0 heterocycles. The van der Waals surface area contributed by atoms with Gasteiger partial charge in [-0.15, -0.1) is 0 Å². The van der Waals surface area contributed by atoms with E-state index in [1.54, 1.807) is 0 Å². The highest BCUT2D eigenvalue weighted by Gasteiger charge is 2.15. The first-order valence-electron chi connectivity index (χ1n) is 20.0. The van der Waals surface area contributed by atoms with Crippen LogP contribution in [0.1, 0.15) is 5.56 Å². The maximum atomic E-state index is 2.34. The summed E-state index contributed by atoms with van der Waals surface area (Å²) < 4.78 is 0. The van der Waals surface area contributed by atoms with E-state index in [0.717, 1.165) is 17.1 Å². The highest BCUT2D eigenvalue weighted by Crippen LogP contribution is 2.40. The maximum Gasteiger partial charge on any atom is 0.0462 e. The number of benzene rings is 10. The number of para-hydroxylation sites is 1. The lowest BCUT2D eigenvalue weighted by Gasteiger charge is -2.26. The van der Waals surface area contributed by atoms with E-state index in [9.17, 15) is 0 Å². The van der Waals surface area contributed by atoms with Crippen LogP contribution in [0.25, 0.3) is 77.2 Å². The highest BCUT2D eigenvalue weighted by atomic mass is 15.1. The van der Waals surface area contributed by atoms with Crippen molar-refractivity contribution >= 4 is 38.6 Å². The van der Waals surface area contributed by atoms with Gasteiger partial charge in [0.25, 0.3) is 0 Å². The second kappa shape index (κ2) is 15.2. The molecule has 0 radical (unpaired) electrons. The predicted octanol–water partition coefficient (Wildman–Crippen LogP) is 16.1. The van der Waals surface area contributed by atoms with Crippen LogP contribution in [-0.4, -0.2) is 0 Å². The van der Waals surface area contributed by atoms with E-state index in [-0.39, 0.29) is 0 Å². The predicted molar refractivity (Wildman–Crippen MR) is 248 cm³/mol. The summed E-state index contributed by atoms with van der Waals surface area (Å²) >= 11 is 0. The third-order valence-corrected chi connectivity index (χ3v) is 11.3. The van der Waals surface area contributed by atoms with E-state index in [0.29, 0.717) is 0 Å². The number of rotatable bonds is 8. The van der Waals surface area contributed by atoms with Crippen LogP contribution in [0.15, 0.2) is 231 Å². The fourth-order valence-corrected chi connectivity index (χ4v) is 8.38. The third-order valence-electron chi connectivity index (χ3n) is 11.3. The summed E-state index contributed by atoms with van der Waals surface area (Å²) in [4.78, 5) is 2.34. The zero-order valence-electron chi connectivity index (χ0n) is 32.4. The van der Waals surface area contributed by atoms with E-state index in [2.05, 4.69) is 242 Å². The molecular weight excluding hydrogens is 699 g/mol. The summed E-state index contributed by atoms with van der Waals surface area (Å²) in [5, 5.41) is 5.12. The Bertz CT molecular complexity index is 3000. The summed E-state index contributed by atoms with van der Waals surface area (Å²) in [6.45, 7) is 2.17. The lowest BCUT2D eigenvalue weighted by molar-refractivity contribution is 1.28. The van der Waals surface area contributed by atoms with Gasteiger partial charge < -0.3 is 4.90 Å². The molecule has 0 unspecified atom stereocenters. The molecule has 58 heavy (non-hydrogen) atoms. The molecule has 0 aliphatic heterocycles. The molecule has 0 N–H and O–H groups in total. The van der Waals surface area contributed by atoms with Crippen molar-refractivity contribution in [3.8, 4) is 55.6 Å². The molecular formula is C57H41N. The highest BCUT2D eigenvalue weighted by molar-refractivity contribution is 6.14. The minimum Gasteiger partial charge on any atom is -0.311 e. The summed E-state index contributed by atoms with van der Waals surface area (Å²) in [5.74, 6) is 0. The summed E-state index contributed by atoms with van der Waals surface area (Å²) in [7, 11) is 0. The number of hydrogen-bond acceptors (Lipinski definition) is 1. The van der Waals surface area contributed by atoms with Gasteiger partial charge >= 0.3 is 0 Å². The van der Waals surface area contributed by atoms with Gasteiger partial charge in [-0.05, 0) is 133 Å². The molecule has 0 atom stereocenters. The molecule has 10 aromatic carbocycles. The molecule has 0 aliphatic carbocycles. The third kappa shape index (κ3) is 6.74. The van der Waals surface area contributed by atoms with Gasteiger partial charge in [0, 0.05) is 17.1 Å². The van der Waals surface area contributed by atoms with Gasteiger partial charge in [0.2, 0.25) is 0 Å². The van der Waals surface area contributed by atoms with Crippen LogP contribution in [0.5, 0.6) is 0 Å². The number of anilines is 3. The fraction of sp³-hybridized carbons (Fsp3) is 0.0175. The van der Waals surface area contributed by atoms with Crippen LogP contribution >= 0.6 is 0 Å². The molecule has 0 spiro atoms. The van der Waals surface area contributed by atoms with Crippen LogP contribution < -0.4 is 4.90 Å². The molecule has 10 aromatic rings. The Hall–Kier alpha value is -7.48.